The van der Waals surface area contributed by atoms with Gasteiger partial charge in [0.2, 0.25) is 0 Å². The van der Waals surface area contributed by atoms with Crippen LogP contribution in [0.3, 0.4) is 0 Å². The van der Waals surface area contributed by atoms with Crippen LogP contribution in [0.25, 0.3) is 11.1 Å². The lowest BCUT2D eigenvalue weighted by Crippen LogP contribution is -2.17. The van der Waals surface area contributed by atoms with E-state index in [9.17, 15) is 18.0 Å². The number of hydrogen-bond donors (Lipinski definition) is 2. The molecule has 0 saturated heterocycles. The molecule has 0 aliphatic heterocycles. The van der Waals surface area contributed by atoms with Gasteiger partial charge < -0.3 is 15.4 Å². The molecule has 2 N–H and O–H groups in total. The van der Waals surface area contributed by atoms with Gasteiger partial charge in [0.25, 0.3) is 5.91 Å². The van der Waals surface area contributed by atoms with Gasteiger partial charge in [0.15, 0.2) is 0 Å². The molecule has 0 saturated carbocycles. The maximum absolute atomic E-state index is 13.3. The highest BCUT2D eigenvalue weighted by Gasteiger charge is 2.30. The third-order valence-corrected chi connectivity index (χ3v) is 5.63. The molecule has 4 nitrogen and oxygen atoms in total. The van der Waals surface area contributed by atoms with Crippen molar-refractivity contribution in [3.05, 3.63) is 114 Å². The van der Waals surface area contributed by atoms with Crippen molar-refractivity contribution in [2.45, 2.75) is 32.7 Å². The Morgan fingerprint density at radius 3 is 2.19 bits per heavy atom. The molecule has 0 bridgehead atoms. The fourth-order valence-corrected chi connectivity index (χ4v) is 3.85. The lowest BCUT2D eigenvalue weighted by molar-refractivity contribution is -0.137. The molecule has 0 fully saturated rings. The van der Waals surface area contributed by atoms with Crippen molar-refractivity contribution >= 4 is 17.3 Å². The molecule has 0 aromatic heterocycles. The number of hydrogen-bond acceptors (Lipinski definition) is 3. The Morgan fingerprint density at radius 1 is 0.838 bits per heavy atom. The molecular formula is C30H27F3N2O2. The Bertz CT molecular complexity index is 1350. The molecule has 1 amide bonds. The second kappa shape index (κ2) is 11.2. The van der Waals surface area contributed by atoms with Gasteiger partial charge in [0.05, 0.1) is 16.9 Å². The molecular weight excluding hydrogens is 477 g/mol. The third kappa shape index (κ3) is 6.70. The lowest BCUT2D eigenvalue weighted by atomic mass is 9.98. The number of nitrogens with one attached hydrogen (secondary N) is 2. The van der Waals surface area contributed by atoms with E-state index in [4.69, 9.17) is 4.74 Å². The van der Waals surface area contributed by atoms with Gasteiger partial charge in [-0.05, 0) is 60.9 Å². The Labute approximate surface area is 214 Å². The van der Waals surface area contributed by atoms with Crippen LogP contribution < -0.4 is 15.4 Å². The number of rotatable bonds is 8. The summed E-state index contributed by atoms with van der Waals surface area (Å²) in [5.74, 6) is 0.274. The molecule has 37 heavy (non-hydrogen) atoms. The van der Waals surface area contributed by atoms with Gasteiger partial charge in [-0.15, -0.1) is 0 Å². The van der Waals surface area contributed by atoms with Gasteiger partial charge in [0.1, 0.15) is 12.4 Å². The molecule has 0 radical (unpaired) electrons. The van der Waals surface area contributed by atoms with Crippen LogP contribution in [0.4, 0.5) is 24.5 Å². The minimum Gasteiger partial charge on any atom is -0.489 e. The summed E-state index contributed by atoms with van der Waals surface area (Å²) in [6, 6.07) is 26.9. The van der Waals surface area contributed by atoms with E-state index in [1.54, 1.807) is 36.4 Å². The first-order chi connectivity index (χ1) is 17.7. The predicted octanol–water partition coefficient (Wildman–Crippen LogP) is 8.02. The van der Waals surface area contributed by atoms with Crippen LogP contribution in [0.1, 0.15) is 35.3 Å². The maximum atomic E-state index is 13.3. The van der Waals surface area contributed by atoms with Crippen molar-refractivity contribution in [3.63, 3.8) is 0 Å². The van der Waals surface area contributed by atoms with E-state index in [0.29, 0.717) is 40.4 Å². The van der Waals surface area contributed by atoms with Gasteiger partial charge in [0, 0.05) is 17.7 Å². The van der Waals surface area contributed by atoms with Crippen molar-refractivity contribution in [2.24, 2.45) is 0 Å². The summed E-state index contributed by atoms with van der Waals surface area (Å²) < 4.78 is 44.9. The van der Waals surface area contributed by atoms with Crippen molar-refractivity contribution in [1.82, 2.24) is 0 Å². The first kappa shape index (κ1) is 25.8. The summed E-state index contributed by atoms with van der Waals surface area (Å²) >= 11 is 0. The summed E-state index contributed by atoms with van der Waals surface area (Å²) in [6.45, 7) is 4.39. The van der Waals surface area contributed by atoms with Crippen LogP contribution in [-0.2, 0) is 12.8 Å². The Morgan fingerprint density at radius 2 is 1.51 bits per heavy atom. The number of halogens is 3. The molecule has 4 aromatic rings. The van der Waals surface area contributed by atoms with E-state index in [0.717, 1.165) is 17.7 Å². The first-order valence-corrected chi connectivity index (χ1v) is 11.9. The normalized spacial score (nSPS) is 11.3. The van der Waals surface area contributed by atoms with E-state index in [1.807, 2.05) is 50.2 Å². The van der Waals surface area contributed by atoms with Crippen molar-refractivity contribution in [1.29, 1.82) is 0 Å². The highest BCUT2D eigenvalue weighted by molar-refractivity contribution is 6.10. The SMILES string of the molecule is CC(C)Nc1cc(OCc2ccccc2)ccc1NC(=O)c1ccccc1-c1ccc(C(F)(F)F)cc1. The maximum Gasteiger partial charge on any atom is 0.416 e. The third-order valence-electron chi connectivity index (χ3n) is 5.63. The van der Waals surface area contributed by atoms with Crippen LogP contribution in [0.2, 0.25) is 0 Å². The van der Waals surface area contributed by atoms with Crippen LogP contribution in [0.5, 0.6) is 5.75 Å². The zero-order valence-electron chi connectivity index (χ0n) is 20.5. The fraction of sp³-hybridized carbons (Fsp3) is 0.167. The van der Waals surface area contributed by atoms with Gasteiger partial charge in [-0.2, -0.15) is 13.2 Å². The molecule has 4 aromatic carbocycles. The second-order valence-electron chi connectivity index (χ2n) is 8.86. The number of carbonyl (C=O) groups excluding carboxylic acids is 1. The Hall–Kier alpha value is -4.26. The molecule has 4 rings (SSSR count). The molecule has 0 spiro atoms. The number of ether oxygens (including phenoxy) is 1. The highest BCUT2D eigenvalue weighted by Crippen LogP contribution is 2.33. The summed E-state index contributed by atoms with van der Waals surface area (Å²) in [4.78, 5) is 13.3. The average molecular weight is 505 g/mol. The van der Waals surface area contributed by atoms with Gasteiger partial charge in [-0.25, -0.2) is 0 Å². The zero-order valence-corrected chi connectivity index (χ0v) is 20.5. The smallest absolute Gasteiger partial charge is 0.416 e. The molecule has 0 aliphatic carbocycles. The first-order valence-electron chi connectivity index (χ1n) is 11.9. The van der Waals surface area contributed by atoms with E-state index >= 15 is 0 Å². The largest absolute Gasteiger partial charge is 0.489 e. The Balaban J connectivity index is 1.57. The highest BCUT2D eigenvalue weighted by atomic mass is 19.4. The molecule has 0 aliphatic rings. The van der Waals surface area contributed by atoms with E-state index in [1.165, 1.54) is 12.1 Å². The summed E-state index contributed by atoms with van der Waals surface area (Å²) in [7, 11) is 0. The average Bonchev–Trinajstić information content (AvgIpc) is 2.88. The van der Waals surface area contributed by atoms with E-state index < -0.39 is 11.7 Å². The molecule has 0 atom stereocenters. The monoisotopic (exact) mass is 504 g/mol. The van der Waals surface area contributed by atoms with Crippen molar-refractivity contribution < 1.29 is 22.7 Å². The van der Waals surface area contributed by atoms with Crippen LogP contribution >= 0.6 is 0 Å². The number of carbonyl (C=O) groups is 1. The van der Waals surface area contributed by atoms with E-state index in [-0.39, 0.29) is 11.9 Å². The predicted molar refractivity (Wildman–Crippen MR) is 141 cm³/mol. The van der Waals surface area contributed by atoms with Gasteiger partial charge >= 0.3 is 6.18 Å². The molecule has 0 unspecified atom stereocenters. The molecule has 7 heteroatoms. The minimum absolute atomic E-state index is 0.0967. The van der Waals surface area contributed by atoms with Crippen LogP contribution in [0, 0.1) is 0 Å². The summed E-state index contributed by atoms with van der Waals surface area (Å²) in [6.07, 6.45) is -4.42. The lowest BCUT2D eigenvalue weighted by Gasteiger charge is -2.18. The standard InChI is InChI=1S/C30H27F3N2O2/c1-20(2)34-28-18-24(37-19-21-8-4-3-5-9-21)16-17-27(28)35-29(36)26-11-7-6-10-25(26)22-12-14-23(15-13-22)30(31,32)33/h3-18,20,34H,19H2,1-2H3,(H,35,36). The summed E-state index contributed by atoms with van der Waals surface area (Å²) in [5, 5.41) is 6.28. The van der Waals surface area contributed by atoms with Crippen molar-refractivity contribution in [3.8, 4) is 16.9 Å². The zero-order chi connectivity index (χ0) is 26.4. The summed E-state index contributed by atoms with van der Waals surface area (Å²) in [5.41, 5.74) is 2.96. The van der Waals surface area contributed by atoms with E-state index in [2.05, 4.69) is 10.6 Å². The topological polar surface area (TPSA) is 50.4 Å². The van der Waals surface area contributed by atoms with Crippen LogP contribution in [0.15, 0.2) is 97.1 Å². The minimum atomic E-state index is -4.42. The second-order valence-corrected chi connectivity index (χ2v) is 8.86. The van der Waals surface area contributed by atoms with Crippen molar-refractivity contribution in [2.75, 3.05) is 10.6 Å². The van der Waals surface area contributed by atoms with Gasteiger partial charge in [-0.3, -0.25) is 4.79 Å². The number of alkyl halides is 3. The number of benzene rings is 4. The number of amides is 1. The Kier molecular flexibility index (Phi) is 7.82. The van der Waals surface area contributed by atoms with Gasteiger partial charge in [-0.1, -0.05) is 60.7 Å². The van der Waals surface area contributed by atoms with Crippen LogP contribution in [-0.4, -0.2) is 11.9 Å². The number of anilines is 2. The fourth-order valence-electron chi connectivity index (χ4n) is 3.85. The quantitative estimate of drug-likeness (QED) is 0.255. The molecule has 0 heterocycles. The molecule has 190 valence electrons.